The first-order valence-corrected chi connectivity index (χ1v) is 10.0. The molecule has 1 aliphatic carbocycles. The Morgan fingerprint density at radius 2 is 2.12 bits per heavy atom. The molecule has 2 aliphatic rings. The number of rotatable bonds is 3. The molecule has 0 radical (unpaired) electrons. The molecule has 2 N–H and O–H groups in total. The lowest BCUT2D eigenvalue weighted by Gasteiger charge is -2.29. The van der Waals surface area contributed by atoms with Crippen LogP contribution in [0.25, 0.3) is 0 Å². The number of amides is 1. The van der Waals surface area contributed by atoms with Gasteiger partial charge in [0.15, 0.2) is 0 Å². The molecule has 2 unspecified atom stereocenters. The molecule has 3 rings (SSSR count). The van der Waals surface area contributed by atoms with Crippen molar-refractivity contribution < 1.29 is 9.53 Å². The van der Waals surface area contributed by atoms with Gasteiger partial charge in [-0.3, -0.25) is 5.32 Å². The summed E-state index contributed by atoms with van der Waals surface area (Å²) in [5.74, 6) is 2.50. The first-order chi connectivity index (χ1) is 11.4. The van der Waals surface area contributed by atoms with Gasteiger partial charge < -0.3 is 10.1 Å². The fraction of sp³-hybridized carbons (Fsp3) is 0.632. The monoisotopic (exact) mass is 348 g/mol. The number of carbonyl (C=O) groups excluding carboxylic acids is 1. The van der Waals surface area contributed by atoms with Gasteiger partial charge in [0.25, 0.3) is 0 Å². The number of nitrogens with one attached hydrogen (secondary N) is 2. The SMILES string of the molecule is CC(C)(C)OC(=O)Nc1ccc2c(c1)CCCC2NC1CCSC1. The van der Waals surface area contributed by atoms with E-state index in [0.29, 0.717) is 12.1 Å². The van der Waals surface area contributed by atoms with Crippen molar-refractivity contribution in [2.45, 2.75) is 64.1 Å². The highest BCUT2D eigenvalue weighted by molar-refractivity contribution is 7.99. The molecule has 1 aliphatic heterocycles. The molecule has 24 heavy (non-hydrogen) atoms. The highest BCUT2D eigenvalue weighted by Gasteiger charge is 2.25. The van der Waals surface area contributed by atoms with Crippen LogP contribution in [0.2, 0.25) is 0 Å². The van der Waals surface area contributed by atoms with Crippen LogP contribution < -0.4 is 10.6 Å². The van der Waals surface area contributed by atoms with Gasteiger partial charge in [0.1, 0.15) is 5.60 Å². The topological polar surface area (TPSA) is 50.4 Å². The van der Waals surface area contributed by atoms with Crippen molar-refractivity contribution in [1.29, 1.82) is 0 Å². The Bertz CT molecular complexity index is 592. The number of aryl methyl sites for hydroxylation is 1. The minimum Gasteiger partial charge on any atom is -0.444 e. The number of hydrogen-bond acceptors (Lipinski definition) is 4. The van der Waals surface area contributed by atoms with Crippen LogP contribution in [0.15, 0.2) is 18.2 Å². The minimum absolute atomic E-state index is 0.393. The van der Waals surface area contributed by atoms with Gasteiger partial charge in [-0.05, 0) is 75.5 Å². The third-order valence-electron chi connectivity index (χ3n) is 4.47. The zero-order chi connectivity index (χ0) is 17.2. The van der Waals surface area contributed by atoms with Crippen LogP contribution in [-0.4, -0.2) is 29.2 Å². The van der Waals surface area contributed by atoms with Crippen molar-refractivity contribution in [2.24, 2.45) is 0 Å². The summed E-state index contributed by atoms with van der Waals surface area (Å²) in [5, 5.41) is 6.68. The second-order valence-electron chi connectivity index (χ2n) is 7.71. The summed E-state index contributed by atoms with van der Waals surface area (Å²) in [5.41, 5.74) is 3.08. The van der Waals surface area contributed by atoms with E-state index in [1.807, 2.05) is 38.6 Å². The molecule has 5 heteroatoms. The largest absolute Gasteiger partial charge is 0.444 e. The van der Waals surface area contributed by atoms with E-state index in [1.165, 1.54) is 41.9 Å². The number of fused-ring (bicyclic) bond motifs is 1. The second kappa shape index (κ2) is 7.36. The molecule has 1 fully saturated rings. The Morgan fingerprint density at radius 3 is 2.83 bits per heavy atom. The molecule has 1 heterocycles. The second-order valence-corrected chi connectivity index (χ2v) is 8.86. The smallest absolute Gasteiger partial charge is 0.412 e. The molecule has 0 aromatic heterocycles. The van der Waals surface area contributed by atoms with Crippen molar-refractivity contribution in [3.05, 3.63) is 29.3 Å². The predicted octanol–water partition coefficient (Wildman–Crippen LogP) is 4.51. The van der Waals surface area contributed by atoms with Gasteiger partial charge in [-0.15, -0.1) is 0 Å². The zero-order valence-corrected chi connectivity index (χ0v) is 15.7. The number of carbonyl (C=O) groups is 1. The quantitative estimate of drug-likeness (QED) is 0.844. The van der Waals surface area contributed by atoms with Gasteiger partial charge in [0.2, 0.25) is 0 Å². The van der Waals surface area contributed by atoms with Crippen LogP contribution in [0.4, 0.5) is 10.5 Å². The summed E-state index contributed by atoms with van der Waals surface area (Å²) in [6, 6.07) is 7.36. The van der Waals surface area contributed by atoms with Gasteiger partial charge in [0, 0.05) is 23.5 Å². The van der Waals surface area contributed by atoms with Crippen LogP contribution in [0.1, 0.15) is 57.2 Å². The molecule has 132 valence electrons. The van der Waals surface area contributed by atoms with Crippen LogP contribution in [0, 0.1) is 0 Å². The molecule has 2 atom stereocenters. The van der Waals surface area contributed by atoms with E-state index in [4.69, 9.17) is 4.74 Å². The highest BCUT2D eigenvalue weighted by atomic mass is 32.2. The molecule has 0 saturated carbocycles. The van der Waals surface area contributed by atoms with E-state index in [2.05, 4.69) is 22.8 Å². The van der Waals surface area contributed by atoms with E-state index >= 15 is 0 Å². The molecule has 1 aromatic carbocycles. The number of benzene rings is 1. The lowest BCUT2D eigenvalue weighted by atomic mass is 9.87. The maximum Gasteiger partial charge on any atom is 0.412 e. The van der Waals surface area contributed by atoms with Crippen LogP contribution in [0.3, 0.4) is 0 Å². The van der Waals surface area contributed by atoms with Crippen molar-refractivity contribution in [2.75, 3.05) is 16.8 Å². The standard InChI is InChI=1S/C19H28N2O2S/c1-19(2,3)23-18(22)21-14-7-8-16-13(11-14)5-4-6-17(16)20-15-9-10-24-12-15/h7-8,11,15,17,20H,4-6,9-10,12H2,1-3H3,(H,21,22). The Balaban J connectivity index is 1.67. The van der Waals surface area contributed by atoms with E-state index in [1.54, 1.807) is 0 Å². The molecule has 1 amide bonds. The van der Waals surface area contributed by atoms with Crippen LogP contribution in [-0.2, 0) is 11.2 Å². The van der Waals surface area contributed by atoms with E-state index in [9.17, 15) is 4.79 Å². The third-order valence-corrected chi connectivity index (χ3v) is 5.63. The fourth-order valence-electron chi connectivity index (χ4n) is 3.44. The summed E-state index contributed by atoms with van der Waals surface area (Å²) in [6.07, 6.45) is 4.36. The Kier molecular flexibility index (Phi) is 5.40. The minimum atomic E-state index is -0.480. The molecule has 1 saturated heterocycles. The van der Waals surface area contributed by atoms with Gasteiger partial charge in [0.05, 0.1) is 0 Å². The Labute approximate surface area is 149 Å². The number of thioether (sulfide) groups is 1. The van der Waals surface area contributed by atoms with Gasteiger partial charge in [-0.2, -0.15) is 11.8 Å². The van der Waals surface area contributed by atoms with Gasteiger partial charge in [-0.25, -0.2) is 4.79 Å². The highest BCUT2D eigenvalue weighted by Crippen LogP contribution is 2.33. The van der Waals surface area contributed by atoms with E-state index in [0.717, 1.165) is 12.1 Å². The number of anilines is 1. The molecule has 1 aromatic rings. The molecule has 4 nitrogen and oxygen atoms in total. The third kappa shape index (κ3) is 4.67. The maximum atomic E-state index is 11.9. The maximum absolute atomic E-state index is 11.9. The van der Waals surface area contributed by atoms with Gasteiger partial charge >= 0.3 is 6.09 Å². The van der Waals surface area contributed by atoms with Crippen LogP contribution in [0.5, 0.6) is 0 Å². The lowest BCUT2D eigenvalue weighted by Crippen LogP contribution is -2.34. The van der Waals surface area contributed by atoms with Crippen molar-refractivity contribution in [3.63, 3.8) is 0 Å². The summed E-state index contributed by atoms with van der Waals surface area (Å²) in [6.45, 7) is 5.62. The normalized spacial score (nSPS) is 23.6. The number of ether oxygens (including phenoxy) is 1. The van der Waals surface area contributed by atoms with E-state index in [-0.39, 0.29) is 0 Å². The lowest BCUT2D eigenvalue weighted by molar-refractivity contribution is 0.0636. The van der Waals surface area contributed by atoms with Crippen molar-refractivity contribution >= 4 is 23.5 Å². The van der Waals surface area contributed by atoms with E-state index < -0.39 is 11.7 Å². The Hall–Kier alpha value is -1.20. The molecular weight excluding hydrogens is 320 g/mol. The molecular formula is C19H28N2O2S. The average molecular weight is 349 g/mol. The predicted molar refractivity (Wildman–Crippen MR) is 101 cm³/mol. The number of hydrogen-bond donors (Lipinski definition) is 2. The first kappa shape index (κ1) is 17.6. The summed E-state index contributed by atoms with van der Waals surface area (Å²) >= 11 is 2.04. The van der Waals surface area contributed by atoms with Crippen molar-refractivity contribution in [1.82, 2.24) is 5.32 Å². The Morgan fingerprint density at radius 1 is 1.29 bits per heavy atom. The summed E-state index contributed by atoms with van der Waals surface area (Å²) in [7, 11) is 0. The molecule has 0 bridgehead atoms. The summed E-state index contributed by atoms with van der Waals surface area (Å²) in [4.78, 5) is 11.9. The van der Waals surface area contributed by atoms with Crippen LogP contribution >= 0.6 is 11.8 Å². The van der Waals surface area contributed by atoms with Gasteiger partial charge in [-0.1, -0.05) is 6.07 Å². The first-order valence-electron chi connectivity index (χ1n) is 8.87. The summed E-state index contributed by atoms with van der Waals surface area (Å²) < 4.78 is 5.33. The fourth-order valence-corrected chi connectivity index (χ4v) is 4.60. The average Bonchev–Trinajstić information content (AvgIpc) is 2.98. The van der Waals surface area contributed by atoms with Crippen molar-refractivity contribution in [3.8, 4) is 0 Å². The zero-order valence-electron chi connectivity index (χ0n) is 14.9. The molecule has 0 spiro atoms.